The zero-order valence-electron chi connectivity index (χ0n) is 13.0. The molecule has 118 valence electrons. The van der Waals surface area contributed by atoms with Crippen molar-refractivity contribution >= 4 is 34.0 Å². The number of amides is 1. The Labute approximate surface area is 137 Å². The number of carbonyl (C=O) groups excluding carboxylic acids is 1. The van der Waals surface area contributed by atoms with Gasteiger partial charge in [0.25, 0.3) is 0 Å². The van der Waals surface area contributed by atoms with Gasteiger partial charge in [0.1, 0.15) is 7.05 Å². The number of nitrogens with one attached hydrogen (secondary N) is 1. The first-order chi connectivity index (χ1) is 11.0. The number of nitrogens with two attached hydrogens (primary N) is 1. The van der Waals surface area contributed by atoms with Crippen LogP contribution in [0.4, 0.5) is 0 Å². The summed E-state index contributed by atoms with van der Waals surface area (Å²) in [5, 5.41) is 7.01. The molecule has 3 aromatic heterocycles. The van der Waals surface area contributed by atoms with Gasteiger partial charge in [0, 0.05) is 35.0 Å². The Bertz CT molecular complexity index is 893. The van der Waals surface area contributed by atoms with Gasteiger partial charge in [-0.3, -0.25) is 4.79 Å². The van der Waals surface area contributed by atoms with E-state index in [0.717, 1.165) is 12.1 Å². The van der Waals surface area contributed by atoms with E-state index >= 15 is 0 Å². The quantitative estimate of drug-likeness (QED) is 0.328. The highest BCUT2D eigenvalue weighted by atomic mass is 32.1. The summed E-state index contributed by atoms with van der Waals surface area (Å²) in [7, 11) is 2.01. The minimum atomic E-state index is -0.240. The fourth-order valence-corrected chi connectivity index (χ4v) is 3.24. The molecule has 0 atom stereocenters. The molecule has 0 saturated carbocycles. The van der Waals surface area contributed by atoms with Gasteiger partial charge in [-0.1, -0.05) is 0 Å². The number of carbonyl (C=O) groups is 1. The van der Waals surface area contributed by atoms with E-state index in [9.17, 15) is 4.79 Å². The van der Waals surface area contributed by atoms with Crippen LogP contribution in [0.1, 0.15) is 17.4 Å². The molecule has 3 rings (SSSR count). The van der Waals surface area contributed by atoms with Crippen molar-refractivity contribution < 1.29 is 9.36 Å². The highest BCUT2D eigenvalue weighted by Crippen LogP contribution is 2.19. The Kier molecular flexibility index (Phi) is 4.12. The molecule has 6 nitrogen and oxygen atoms in total. The smallest absolute Gasteiger partial charge is 0.237 e. The number of pyridine rings is 1. The minimum absolute atomic E-state index is 0.240. The summed E-state index contributed by atoms with van der Waals surface area (Å²) in [6.07, 6.45) is 6.22. The number of hydrogen-bond acceptors (Lipinski definition) is 3. The van der Waals surface area contributed by atoms with Crippen LogP contribution in [0.3, 0.4) is 0 Å². The van der Waals surface area contributed by atoms with Gasteiger partial charge in [0.15, 0.2) is 18.2 Å². The number of fused-ring (bicyclic) bond motifs is 1. The maximum Gasteiger partial charge on any atom is 0.237 e. The second-order valence-electron chi connectivity index (χ2n) is 5.36. The summed E-state index contributed by atoms with van der Waals surface area (Å²) >= 11 is 1.62. The largest absolute Gasteiger partial charge is 0.382 e. The molecule has 0 spiro atoms. The molecule has 0 aliphatic rings. The van der Waals surface area contributed by atoms with E-state index in [1.54, 1.807) is 11.3 Å². The molecule has 0 aromatic carbocycles. The first-order valence-electron chi connectivity index (χ1n) is 7.14. The molecule has 3 N–H and O–H groups in total. The van der Waals surface area contributed by atoms with Gasteiger partial charge < -0.3 is 10.3 Å². The van der Waals surface area contributed by atoms with Crippen molar-refractivity contribution in [2.45, 2.75) is 13.5 Å². The fourth-order valence-electron chi connectivity index (χ4n) is 2.36. The van der Waals surface area contributed by atoms with Crippen molar-refractivity contribution in [3.05, 3.63) is 52.6 Å². The number of aromatic nitrogens is 2. The molecule has 23 heavy (non-hydrogen) atoms. The number of amidine groups is 1. The third kappa shape index (κ3) is 3.40. The number of thiophene rings is 1. The van der Waals surface area contributed by atoms with Crippen molar-refractivity contribution in [1.29, 1.82) is 0 Å². The summed E-state index contributed by atoms with van der Waals surface area (Å²) in [6.45, 7) is 2.17. The van der Waals surface area contributed by atoms with E-state index in [2.05, 4.69) is 39.6 Å². The second-order valence-corrected chi connectivity index (χ2v) is 6.36. The molecule has 0 radical (unpaired) electrons. The monoisotopic (exact) mass is 328 g/mol. The molecule has 0 unspecified atom stereocenters. The lowest BCUT2D eigenvalue weighted by molar-refractivity contribution is -0.670. The normalized spacial score (nSPS) is 11.8. The van der Waals surface area contributed by atoms with Crippen molar-refractivity contribution in [2.75, 3.05) is 0 Å². The molecule has 0 aliphatic carbocycles. The maximum atomic E-state index is 10.9. The molecule has 3 heterocycles. The molecule has 3 aromatic rings. The van der Waals surface area contributed by atoms with Crippen LogP contribution in [0.25, 0.3) is 10.9 Å². The molecule has 7 heteroatoms. The molecule has 0 fully saturated rings. The standard InChI is InChI=1S/C16H17N5OS/c1-11(22)18-19-16(17)13-7-14(23-10-13)9-21-6-3-12-8-20(2)5-4-15(12)21/h3-8,10H,9H2,1-2H3,(H2-,17,18,19,22)/p+1. The zero-order valence-corrected chi connectivity index (χ0v) is 13.8. The average molecular weight is 328 g/mol. The number of hydrazone groups is 1. The number of rotatable bonds is 4. The van der Waals surface area contributed by atoms with Gasteiger partial charge in [-0.25, -0.2) is 9.99 Å². The summed E-state index contributed by atoms with van der Waals surface area (Å²) in [5.74, 6) is 0.0717. The van der Waals surface area contributed by atoms with Crippen LogP contribution in [0.5, 0.6) is 0 Å². The Morgan fingerprint density at radius 2 is 2.30 bits per heavy atom. The van der Waals surface area contributed by atoms with E-state index in [0.29, 0.717) is 5.84 Å². The lowest BCUT2D eigenvalue weighted by Gasteiger charge is -2.02. The van der Waals surface area contributed by atoms with Crippen molar-refractivity contribution in [1.82, 2.24) is 9.99 Å². The van der Waals surface area contributed by atoms with Crippen molar-refractivity contribution in [3.63, 3.8) is 0 Å². The van der Waals surface area contributed by atoms with Gasteiger partial charge in [-0.15, -0.1) is 11.3 Å². The van der Waals surface area contributed by atoms with Gasteiger partial charge in [0.2, 0.25) is 5.91 Å². The van der Waals surface area contributed by atoms with Gasteiger partial charge in [0.05, 0.1) is 17.4 Å². The first-order valence-corrected chi connectivity index (χ1v) is 8.02. The molecule has 0 bridgehead atoms. The Balaban J connectivity index is 1.80. The summed E-state index contributed by atoms with van der Waals surface area (Å²) in [5.41, 5.74) is 10.2. The fraction of sp³-hybridized carbons (Fsp3) is 0.188. The predicted octanol–water partition coefficient (Wildman–Crippen LogP) is 1.33. The third-order valence-corrected chi connectivity index (χ3v) is 4.38. The van der Waals surface area contributed by atoms with E-state index in [-0.39, 0.29) is 5.91 Å². The van der Waals surface area contributed by atoms with E-state index < -0.39 is 0 Å². The van der Waals surface area contributed by atoms with Gasteiger partial charge in [-0.2, -0.15) is 5.10 Å². The second kappa shape index (κ2) is 6.21. The van der Waals surface area contributed by atoms with Crippen LogP contribution < -0.4 is 15.7 Å². The number of hydrogen-bond donors (Lipinski definition) is 2. The first kappa shape index (κ1) is 15.2. The topological polar surface area (TPSA) is 76.3 Å². The molecule has 0 aliphatic heterocycles. The van der Waals surface area contributed by atoms with Crippen LogP contribution in [-0.4, -0.2) is 16.3 Å². The third-order valence-electron chi connectivity index (χ3n) is 3.46. The van der Waals surface area contributed by atoms with E-state index in [4.69, 9.17) is 5.73 Å². The highest BCUT2D eigenvalue weighted by molar-refractivity contribution is 7.10. The predicted molar refractivity (Wildman–Crippen MR) is 91.1 cm³/mol. The lowest BCUT2D eigenvalue weighted by Crippen LogP contribution is -2.25. The Hall–Kier alpha value is -2.67. The van der Waals surface area contributed by atoms with Gasteiger partial charge >= 0.3 is 0 Å². The molecular formula is C16H18N5OS+. The van der Waals surface area contributed by atoms with Gasteiger partial charge in [-0.05, 0) is 12.1 Å². The van der Waals surface area contributed by atoms with E-state index in [1.165, 1.54) is 22.7 Å². The number of aryl methyl sites for hydroxylation is 1. The van der Waals surface area contributed by atoms with Crippen LogP contribution >= 0.6 is 11.3 Å². The van der Waals surface area contributed by atoms with Crippen molar-refractivity contribution in [3.8, 4) is 0 Å². The average Bonchev–Trinajstić information content (AvgIpc) is 3.12. The number of nitrogens with zero attached hydrogens (tertiary/aromatic N) is 3. The van der Waals surface area contributed by atoms with Crippen LogP contribution in [0.15, 0.2) is 47.3 Å². The highest BCUT2D eigenvalue weighted by Gasteiger charge is 2.08. The maximum absolute atomic E-state index is 10.9. The summed E-state index contributed by atoms with van der Waals surface area (Å²) < 4.78 is 4.24. The molecular weight excluding hydrogens is 310 g/mol. The Morgan fingerprint density at radius 1 is 1.48 bits per heavy atom. The lowest BCUT2D eigenvalue weighted by atomic mass is 10.3. The Morgan fingerprint density at radius 3 is 3.09 bits per heavy atom. The molecule has 0 saturated heterocycles. The summed E-state index contributed by atoms with van der Waals surface area (Å²) in [6, 6.07) is 6.22. The zero-order chi connectivity index (χ0) is 16.4. The van der Waals surface area contributed by atoms with Crippen LogP contribution in [-0.2, 0) is 18.4 Å². The van der Waals surface area contributed by atoms with E-state index in [1.807, 2.05) is 29.3 Å². The molecule has 1 amide bonds. The van der Waals surface area contributed by atoms with Crippen LogP contribution in [0, 0.1) is 0 Å². The summed E-state index contributed by atoms with van der Waals surface area (Å²) in [4.78, 5) is 12.0. The van der Waals surface area contributed by atoms with Crippen LogP contribution in [0.2, 0.25) is 0 Å². The SMILES string of the molecule is CC(=O)NN=C(N)c1csc(Cn2ccc3c[n+](C)ccc32)c1. The minimum Gasteiger partial charge on any atom is -0.382 e. The van der Waals surface area contributed by atoms with Crippen molar-refractivity contribution in [2.24, 2.45) is 17.9 Å².